The fourth-order valence-electron chi connectivity index (χ4n) is 2.96. The highest BCUT2D eigenvalue weighted by Gasteiger charge is 2.08. The zero-order valence-corrected chi connectivity index (χ0v) is 19.6. The lowest BCUT2D eigenvalue weighted by Gasteiger charge is -2.12. The quantitative estimate of drug-likeness (QED) is 0.248. The first-order valence-electron chi connectivity index (χ1n) is 10.9. The Morgan fingerprint density at radius 3 is 2.09 bits per heavy atom. The smallest absolute Gasteiger partial charge is 0.244 e. The minimum atomic E-state index is -0.171. The third-order valence-electron chi connectivity index (χ3n) is 4.59. The molecule has 0 atom stereocenters. The summed E-state index contributed by atoms with van der Waals surface area (Å²) >= 11 is 6.00. The number of aromatic nitrogens is 2. The molecule has 9 heteroatoms. The van der Waals surface area contributed by atoms with Crippen LogP contribution in [0.3, 0.4) is 0 Å². The molecule has 0 bridgehead atoms. The van der Waals surface area contributed by atoms with Gasteiger partial charge in [0.1, 0.15) is 11.6 Å². The van der Waals surface area contributed by atoms with Gasteiger partial charge in [0.05, 0.1) is 0 Å². The molecule has 2 amide bonds. The van der Waals surface area contributed by atoms with Crippen molar-refractivity contribution in [1.29, 1.82) is 0 Å². The normalized spacial score (nSPS) is 10.6. The molecule has 34 heavy (non-hydrogen) atoms. The molecule has 0 unspecified atom stereocenters. The highest BCUT2D eigenvalue weighted by atomic mass is 35.5. The van der Waals surface area contributed by atoms with Gasteiger partial charge in [-0.05, 0) is 35.9 Å². The molecule has 0 aliphatic heterocycles. The lowest BCUT2D eigenvalue weighted by Crippen LogP contribution is -2.27. The Labute approximate surface area is 203 Å². The van der Waals surface area contributed by atoms with Crippen LogP contribution in [0.1, 0.15) is 12.5 Å². The van der Waals surface area contributed by atoms with Gasteiger partial charge in [0.25, 0.3) is 0 Å². The van der Waals surface area contributed by atoms with Crippen molar-refractivity contribution in [3.8, 4) is 11.4 Å². The first-order chi connectivity index (χ1) is 16.5. The van der Waals surface area contributed by atoms with Crippen LogP contribution in [0.25, 0.3) is 17.5 Å². The summed E-state index contributed by atoms with van der Waals surface area (Å²) in [5.74, 6) is 1.49. The van der Waals surface area contributed by atoms with E-state index >= 15 is 0 Å². The average Bonchev–Trinajstić information content (AvgIpc) is 2.84. The maximum absolute atomic E-state index is 12.0. The van der Waals surface area contributed by atoms with Crippen molar-refractivity contribution in [2.24, 2.45) is 0 Å². The molecule has 0 saturated carbocycles. The number of nitrogens with zero attached hydrogens (tertiary/aromatic N) is 2. The SMILES string of the molecule is CC(=O)NCCNc1cc(NCCNC(=O)/C=C/c2ccccc2)nc(-c2ccc(Cl)cc2)n1. The number of carbonyl (C=O) groups excluding carboxylic acids is 2. The predicted molar refractivity (Wildman–Crippen MR) is 137 cm³/mol. The molecule has 0 radical (unpaired) electrons. The molecular formula is C25H27ClN6O2. The van der Waals surface area contributed by atoms with E-state index in [4.69, 9.17) is 11.6 Å². The molecule has 3 aromatic rings. The summed E-state index contributed by atoms with van der Waals surface area (Å²) in [7, 11) is 0. The van der Waals surface area contributed by atoms with Gasteiger partial charge in [-0.1, -0.05) is 41.9 Å². The number of anilines is 2. The summed E-state index contributed by atoms with van der Waals surface area (Å²) in [6.45, 7) is 3.36. The standard InChI is InChI=1S/C25H27ClN6O2/c1-18(33)27-13-14-28-22-17-23(32-25(31-22)20-8-10-21(26)11-9-20)29-15-16-30-24(34)12-7-19-5-3-2-4-6-19/h2-12,17H,13-16H2,1H3,(H,27,33)(H,30,34)(H2,28,29,31,32)/b12-7+. The first kappa shape index (κ1) is 24.7. The van der Waals surface area contributed by atoms with Gasteiger partial charge in [-0.3, -0.25) is 9.59 Å². The Balaban J connectivity index is 1.58. The summed E-state index contributed by atoms with van der Waals surface area (Å²) in [5.41, 5.74) is 1.78. The first-order valence-corrected chi connectivity index (χ1v) is 11.3. The highest BCUT2D eigenvalue weighted by Crippen LogP contribution is 2.22. The molecule has 8 nitrogen and oxygen atoms in total. The molecule has 4 N–H and O–H groups in total. The van der Waals surface area contributed by atoms with E-state index in [0.717, 1.165) is 11.1 Å². The van der Waals surface area contributed by atoms with Crippen molar-refractivity contribution >= 4 is 41.1 Å². The third kappa shape index (κ3) is 8.55. The molecule has 0 aliphatic carbocycles. The number of hydrogen-bond acceptors (Lipinski definition) is 6. The van der Waals surface area contributed by atoms with E-state index in [0.29, 0.717) is 48.7 Å². The molecular weight excluding hydrogens is 452 g/mol. The van der Waals surface area contributed by atoms with E-state index in [9.17, 15) is 9.59 Å². The predicted octanol–water partition coefficient (Wildman–Crippen LogP) is 3.59. The Morgan fingerprint density at radius 2 is 1.47 bits per heavy atom. The van der Waals surface area contributed by atoms with E-state index in [1.54, 1.807) is 24.3 Å². The Kier molecular flexibility index (Phi) is 9.42. The van der Waals surface area contributed by atoms with Gasteiger partial charge in [-0.25, -0.2) is 9.97 Å². The number of benzene rings is 2. The molecule has 176 valence electrons. The Hall–Kier alpha value is -3.91. The van der Waals surface area contributed by atoms with Crippen LogP contribution in [-0.4, -0.2) is 48.0 Å². The van der Waals surface area contributed by atoms with Crippen LogP contribution in [0.15, 0.2) is 66.7 Å². The van der Waals surface area contributed by atoms with Crippen molar-refractivity contribution in [3.63, 3.8) is 0 Å². The van der Waals surface area contributed by atoms with Crippen molar-refractivity contribution in [2.45, 2.75) is 6.92 Å². The van der Waals surface area contributed by atoms with Crippen LogP contribution >= 0.6 is 11.6 Å². The van der Waals surface area contributed by atoms with Gasteiger partial charge < -0.3 is 21.3 Å². The summed E-state index contributed by atoms with van der Waals surface area (Å²) in [6.07, 6.45) is 3.28. The summed E-state index contributed by atoms with van der Waals surface area (Å²) in [4.78, 5) is 32.2. The van der Waals surface area contributed by atoms with Crippen molar-refractivity contribution < 1.29 is 9.59 Å². The minimum Gasteiger partial charge on any atom is -0.368 e. The van der Waals surface area contributed by atoms with E-state index in [-0.39, 0.29) is 11.8 Å². The van der Waals surface area contributed by atoms with E-state index in [2.05, 4.69) is 31.2 Å². The lowest BCUT2D eigenvalue weighted by atomic mass is 10.2. The monoisotopic (exact) mass is 478 g/mol. The van der Waals surface area contributed by atoms with Gasteiger partial charge in [0.15, 0.2) is 5.82 Å². The van der Waals surface area contributed by atoms with Crippen LogP contribution < -0.4 is 21.3 Å². The second-order valence-corrected chi connectivity index (χ2v) is 7.78. The van der Waals surface area contributed by atoms with Gasteiger partial charge in [0, 0.05) is 55.8 Å². The van der Waals surface area contributed by atoms with Crippen molar-refractivity contribution in [1.82, 2.24) is 20.6 Å². The zero-order valence-electron chi connectivity index (χ0n) is 18.8. The topological polar surface area (TPSA) is 108 Å². The van der Waals surface area contributed by atoms with E-state index < -0.39 is 0 Å². The molecule has 3 rings (SSSR count). The number of halogens is 1. The molecule has 0 spiro atoms. The summed E-state index contributed by atoms with van der Waals surface area (Å²) in [5, 5.41) is 12.6. The number of hydrogen-bond donors (Lipinski definition) is 4. The van der Waals surface area contributed by atoms with Crippen LogP contribution in [0.2, 0.25) is 5.02 Å². The fraction of sp³-hybridized carbons (Fsp3) is 0.200. The van der Waals surface area contributed by atoms with Crippen molar-refractivity contribution in [2.75, 3.05) is 36.8 Å². The minimum absolute atomic E-state index is 0.0886. The van der Waals surface area contributed by atoms with Crippen LogP contribution in [0.4, 0.5) is 11.6 Å². The number of carbonyl (C=O) groups is 2. The highest BCUT2D eigenvalue weighted by molar-refractivity contribution is 6.30. The molecule has 0 fully saturated rings. The maximum Gasteiger partial charge on any atom is 0.244 e. The largest absolute Gasteiger partial charge is 0.368 e. The van der Waals surface area contributed by atoms with E-state index in [1.807, 2.05) is 42.5 Å². The summed E-state index contributed by atoms with van der Waals surface area (Å²) < 4.78 is 0. The van der Waals surface area contributed by atoms with Crippen LogP contribution in [-0.2, 0) is 9.59 Å². The van der Waals surface area contributed by atoms with E-state index in [1.165, 1.54) is 13.0 Å². The fourth-order valence-corrected chi connectivity index (χ4v) is 3.08. The van der Waals surface area contributed by atoms with Gasteiger partial charge in [-0.15, -0.1) is 0 Å². The summed E-state index contributed by atoms with van der Waals surface area (Å²) in [6, 6.07) is 18.7. The average molecular weight is 479 g/mol. The molecule has 0 saturated heterocycles. The van der Waals surface area contributed by atoms with Gasteiger partial charge in [-0.2, -0.15) is 0 Å². The van der Waals surface area contributed by atoms with Crippen molar-refractivity contribution in [3.05, 3.63) is 77.3 Å². The Morgan fingerprint density at radius 1 is 0.853 bits per heavy atom. The number of amides is 2. The number of rotatable bonds is 11. The van der Waals surface area contributed by atoms with Crippen LogP contribution in [0, 0.1) is 0 Å². The van der Waals surface area contributed by atoms with Crippen LogP contribution in [0.5, 0.6) is 0 Å². The molecule has 1 aromatic heterocycles. The molecule has 0 aliphatic rings. The van der Waals surface area contributed by atoms with Gasteiger partial charge in [0.2, 0.25) is 11.8 Å². The lowest BCUT2D eigenvalue weighted by molar-refractivity contribution is -0.119. The Bertz CT molecular complexity index is 1120. The van der Waals surface area contributed by atoms with Gasteiger partial charge >= 0.3 is 0 Å². The molecule has 1 heterocycles. The second-order valence-electron chi connectivity index (χ2n) is 7.34. The third-order valence-corrected chi connectivity index (χ3v) is 4.84. The second kappa shape index (κ2) is 13.0. The molecule has 2 aromatic carbocycles. The zero-order chi connectivity index (χ0) is 24.2. The maximum atomic E-state index is 12.0. The number of nitrogens with one attached hydrogen (secondary N) is 4.